The van der Waals surface area contributed by atoms with Crippen molar-refractivity contribution in [3.05, 3.63) is 0 Å². The molecular formula is C9H19NO3. The van der Waals surface area contributed by atoms with Crippen molar-refractivity contribution < 1.29 is 14.2 Å². The fourth-order valence-electron chi connectivity index (χ4n) is 1.06. The zero-order valence-corrected chi connectivity index (χ0v) is 8.25. The van der Waals surface area contributed by atoms with E-state index in [0.717, 1.165) is 45.9 Å². The van der Waals surface area contributed by atoms with Gasteiger partial charge in [-0.15, -0.1) is 0 Å². The van der Waals surface area contributed by atoms with Gasteiger partial charge in [0.1, 0.15) is 6.10 Å². The molecule has 1 saturated heterocycles. The lowest BCUT2D eigenvalue weighted by Gasteiger charge is -2.25. The summed E-state index contributed by atoms with van der Waals surface area (Å²) in [6.07, 6.45) is 1.42. The lowest BCUT2D eigenvalue weighted by atomic mass is 10.3. The molecule has 4 nitrogen and oxygen atoms in total. The molecule has 0 aromatic carbocycles. The standard InChI is InChI=1S/C9H19NO3/c1-11-6-4-10-3-2-5-13-9-7-12-8-9/h9-10H,2-8H2,1H3. The van der Waals surface area contributed by atoms with Crippen LogP contribution in [0, 0.1) is 0 Å². The van der Waals surface area contributed by atoms with Crippen LogP contribution in [-0.4, -0.2) is 52.7 Å². The summed E-state index contributed by atoms with van der Waals surface area (Å²) in [6, 6.07) is 0. The van der Waals surface area contributed by atoms with E-state index in [0.29, 0.717) is 6.10 Å². The molecule has 78 valence electrons. The minimum atomic E-state index is 0.360. The van der Waals surface area contributed by atoms with Crippen molar-refractivity contribution in [3.63, 3.8) is 0 Å². The third-order valence-electron chi connectivity index (χ3n) is 1.94. The van der Waals surface area contributed by atoms with Crippen LogP contribution in [-0.2, 0) is 14.2 Å². The quantitative estimate of drug-likeness (QED) is 0.547. The predicted octanol–water partition coefficient (Wildman–Crippen LogP) is 0.0279. The smallest absolute Gasteiger partial charge is 0.104 e. The second-order valence-corrected chi connectivity index (χ2v) is 3.13. The first-order valence-electron chi connectivity index (χ1n) is 4.82. The second-order valence-electron chi connectivity index (χ2n) is 3.13. The van der Waals surface area contributed by atoms with Crippen molar-refractivity contribution in [1.29, 1.82) is 0 Å². The second kappa shape index (κ2) is 7.26. The summed E-state index contributed by atoms with van der Waals surface area (Å²) in [6.45, 7) is 5.07. The maximum absolute atomic E-state index is 5.49. The van der Waals surface area contributed by atoms with Gasteiger partial charge in [-0.25, -0.2) is 0 Å². The van der Waals surface area contributed by atoms with Crippen LogP contribution in [0.4, 0.5) is 0 Å². The molecule has 0 aromatic rings. The van der Waals surface area contributed by atoms with E-state index in [-0.39, 0.29) is 0 Å². The van der Waals surface area contributed by atoms with Crippen LogP contribution in [0.15, 0.2) is 0 Å². The number of hydrogen-bond donors (Lipinski definition) is 1. The van der Waals surface area contributed by atoms with Crippen LogP contribution in [0.3, 0.4) is 0 Å². The Morgan fingerprint density at radius 3 is 2.77 bits per heavy atom. The Morgan fingerprint density at radius 2 is 2.15 bits per heavy atom. The number of methoxy groups -OCH3 is 1. The summed E-state index contributed by atoms with van der Waals surface area (Å²) >= 11 is 0. The molecule has 1 rings (SSSR count). The first-order chi connectivity index (χ1) is 6.43. The molecule has 0 atom stereocenters. The van der Waals surface area contributed by atoms with Crippen LogP contribution in [0.2, 0.25) is 0 Å². The molecule has 0 aromatic heterocycles. The van der Waals surface area contributed by atoms with Crippen LogP contribution >= 0.6 is 0 Å². The average Bonchev–Trinajstić information content (AvgIpc) is 2.07. The van der Waals surface area contributed by atoms with Crippen LogP contribution < -0.4 is 5.32 Å². The van der Waals surface area contributed by atoms with Crippen LogP contribution in [0.1, 0.15) is 6.42 Å². The van der Waals surface area contributed by atoms with Crippen LogP contribution in [0.25, 0.3) is 0 Å². The van der Waals surface area contributed by atoms with Gasteiger partial charge < -0.3 is 19.5 Å². The molecule has 0 bridgehead atoms. The molecule has 1 aliphatic rings. The van der Waals surface area contributed by atoms with E-state index >= 15 is 0 Å². The highest BCUT2D eigenvalue weighted by Crippen LogP contribution is 2.04. The Kier molecular flexibility index (Phi) is 6.10. The molecule has 0 radical (unpaired) electrons. The monoisotopic (exact) mass is 189 g/mol. The molecule has 1 aliphatic heterocycles. The predicted molar refractivity (Wildman–Crippen MR) is 49.9 cm³/mol. The minimum Gasteiger partial charge on any atom is -0.383 e. The largest absolute Gasteiger partial charge is 0.383 e. The fourth-order valence-corrected chi connectivity index (χ4v) is 1.06. The first-order valence-corrected chi connectivity index (χ1v) is 4.82. The Labute approximate surface area is 79.5 Å². The molecule has 0 spiro atoms. The Hall–Kier alpha value is -0.160. The van der Waals surface area contributed by atoms with Gasteiger partial charge >= 0.3 is 0 Å². The van der Waals surface area contributed by atoms with Gasteiger partial charge in [0.2, 0.25) is 0 Å². The first kappa shape index (κ1) is 10.9. The van der Waals surface area contributed by atoms with E-state index in [1.54, 1.807) is 7.11 Å². The van der Waals surface area contributed by atoms with Crippen molar-refractivity contribution in [2.24, 2.45) is 0 Å². The third kappa shape index (κ3) is 5.21. The maximum atomic E-state index is 5.49. The molecule has 0 aliphatic carbocycles. The van der Waals surface area contributed by atoms with E-state index in [1.165, 1.54) is 0 Å². The summed E-state index contributed by atoms with van der Waals surface area (Å²) < 4.78 is 15.4. The van der Waals surface area contributed by atoms with Crippen LogP contribution in [0.5, 0.6) is 0 Å². The van der Waals surface area contributed by atoms with Gasteiger partial charge in [0.15, 0.2) is 0 Å². The van der Waals surface area contributed by atoms with Crippen molar-refractivity contribution in [3.8, 4) is 0 Å². The average molecular weight is 189 g/mol. The molecule has 0 unspecified atom stereocenters. The highest BCUT2D eigenvalue weighted by molar-refractivity contribution is 4.63. The molecule has 0 amide bonds. The highest BCUT2D eigenvalue weighted by Gasteiger charge is 2.17. The summed E-state index contributed by atoms with van der Waals surface area (Å²) in [5.74, 6) is 0. The molecule has 1 N–H and O–H groups in total. The van der Waals surface area contributed by atoms with Gasteiger partial charge in [-0.3, -0.25) is 0 Å². The minimum absolute atomic E-state index is 0.360. The van der Waals surface area contributed by atoms with Crippen molar-refractivity contribution in [1.82, 2.24) is 5.32 Å². The topological polar surface area (TPSA) is 39.7 Å². The Morgan fingerprint density at radius 1 is 1.31 bits per heavy atom. The number of ether oxygens (including phenoxy) is 3. The van der Waals surface area contributed by atoms with Crippen molar-refractivity contribution >= 4 is 0 Å². The number of nitrogens with one attached hydrogen (secondary N) is 1. The zero-order chi connectivity index (χ0) is 9.36. The fraction of sp³-hybridized carbons (Fsp3) is 1.00. The SMILES string of the molecule is COCCNCCCOC1COC1. The van der Waals surface area contributed by atoms with Crippen molar-refractivity contribution in [2.75, 3.05) is 46.6 Å². The summed E-state index contributed by atoms with van der Waals surface area (Å²) in [4.78, 5) is 0. The van der Waals surface area contributed by atoms with E-state index < -0.39 is 0 Å². The molecule has 1 fully saturated rings. The zero-order valence-electron chi connectivity index (χ0n) is 8.25. The Balaban J connectivity index is 1.68. The van der Waals surface area contributed by atoms with Crippen molar-refractivity contribution in [2.45, 2.75) is 12.5 Å². The van der Waals surface area contributed by atoms with Gasteiger partial charge in [-0.1, -0.05) is 0 Å². The van der Waals surface area contributed by atoms with E-state index in [1.807, 2.05) is 0 Å². The lowest BCUT2D eigenvalue weighted by molar-refractivity contribution is -0.129. The summed E-state index contributed by atoms with van der Waals surface area (Å²) in [7, 11) is 1.71. The number of rotatable bonds is 8. The molecule has 4 heteroatoms. The summed E-state index contributed by atoms with van der Waals surface area (Å²) in [5.41, 5.74) is 0. The maximum Gasteiger partial charge on any atom is 0.104 e. The third-order valence-corrected chi connectivity index (χ3v) is 1.94. The van der Waals surface area contributed by atoms with E-state index in [2.05, 4.69) is 5.32 Å². The van der Waals surface area contributed by atoms with Gasteiger partial charge in [0.05, 0.1) is 19.8 Å². The van der Waals surface area contributed by atoms with Gasteiger partial charge in [-0.05, 0) is 13.0 Å². The number of hydrogen-bond acceptors (Lipinski definition) is 4. The van der Waals surface area contributed by atoms with E-state index in [4.69, 9.17) is 14.2 Å². The normalized spacial score (nSPS) is 17.3. The molecule has 0 saturated carbocycles. The van der Waals surface area contributed by atoms with Gasteiger partial charge in [0, 0.05) is 20.3 Å². The molecule has 1 heterocycles. The molecule has 13 heavy (non-hydrogen) atoms. The lowest BCUT2D eigenvalue weighted by Crippen LogP contribution is -2.36. The van der Waals surface area contributed by atoms with Gasteiger partial charge in [0.25, 0.3) is 0 Å². The van der Waals surface area contributed by atoms with Gasteiger partial charge in [-0.2, -0.15) is 0 Å². The highest BCUT2D eigenvalue weighted by atomic mass is 16.6. The molecular weight excluding hydrogens is 170 g/mol. The summed E-state index contributed by atoms with van der Waals surface area (Å²) in [5, 5.41) is 3.26. The van der Waals surface area contributed by atoms with E-state index in [9.17, 15) is 0 Å². The Bertz CT molecular complexity index is 117.